The van der Waals surface area contributed by atoms with Crippen LogP contribution in [-0.4, -0.2) is 25.2 Å². The smallest absolute Gasteiger partial charge is 0.243 e. The molecular weight excluding hydrogens is 444 g/mol. The van der Waals surface area contributed by atoms with E-state index >= 15 is 0 Å². The summed E-state index contributed by atoms with van der Waals surface area (Å²) in [5.74, 6) is -0.339. The highest BCUT2D eigenvalue weighted by atomic mass is 32.2. The lowest BCUT2D eigenvalue weighted by Gasteiger charge is -2.24. The molecule has 0 radical (unpaired) electrons. The maximum Gasteiger partial charge on any atom is 0.243 e. The second-order valence-electron chi connectivity index (χ2n) is 9.16. The number of carbonyl (C=O) groups is 1. The van der Waals surface area contributed by atoms with Crippen LogP contribution in [0, 0.1) is 34.6 Å². The van der Waals surface area contributed by atoms with Crippen LogP contribution >= 0.6 is 0 Å². The molecule has 34 heavy (non-hydrogen) atoms. The van der Waals surface area contributed by atoms with Crippen LogP contribution in [0.3, 0.4) is 0 Å². The van der Waals surface area contributed by atoms with Gasteiger partial charge in [-0.05, 0) is 81.5 Å². The number of hydrogen-bond acceptors (Lipinski definition) is 3. The Bertz CT molecular complexity index is 1280. The fraction of sp³-hybridized carbons (Fsp3) is 0.321. The molecule has 0 saturated heterocycles. The van der Waals surface area contributed by atoms with Crippen LogP contribution in [0.4, 0.5) is 0 Å². The van der Waals surface area contributed by atoms with Crippen molar-refractivity contribution < 1.29 is 13.2 Å². The van der Waals surface area contributed by atoms with Crippen molar-refractivity contribution >= 4 is 15.9 Å². The van der Waals surface area contributed by atoms with E-state index < -0.39 is 10.0 Å². The topological polar surface area (TPSA) is 66.5 Å². The third-order valence-corrected chi connectivity index (χ3v) is 7.95. The van der Waals surface area contributed by atoms with E-state index in [0.717, 1.165) is 33.4 Å². The lowest BCUT2D eigenvalue weighted by atomic mass is 9.96. The maximum absolute atomic E-state index is 13.5. The molecule has 1 amide bonds. The average molecular weight is 479 g/mol. The van der Waals surface area contributed by atoms with Crippen LogP contribution in [-0.2, 0) is 21.4 Å². The van der Waals surface area contributed by atoms with E-state index in [2.05, 4.69) is 24.4 Å². The van der Waals surface area contributed by atoms with Crippen molar-refractivity contribution in [2.45, 2.75) is 59.0 Å². The molecular formula is C28H34N2O3S. The molecule has 1 N–H and O–H groups in total. The molecule has 0 fully saturated rings. The zero-order chi connectivity index (χ0) is 25.0. The fourth-order valence-electron chi connectivity index (χ4n) is 4.07. The van der Waals surface area contributed by atoms with Gasteiger partial charge in [0.25, 0.3) is 0 Å². The van der Waals surface area contributed by atoms with Gasteiger partial charge in [0.15, 0.2) is 0 Å². The van der Waals surface area contributed by atoms with Gasteiger partial charge >= 0.3 is 0 Å². The predicted molar refractivity (Wildman–Crippen MR) is 137 cm³/mol. The van der Waals surface area contributed by atoms with Crippen molar-refractivity contribution in [2.24, 2.45) is 0 Å². The number of amides is 1. The molecule has 0 spiro atoms. The second kappa shape index (κ2) is 10.5. The monoisotopic (exact) mass is 478 g/mol. The number of benzene rings is 3. The molecule has 6 heteroatoms. The summed E-state index contributed by atoms with van der Waals surface area (Å²) in [5, 5.41) is 3.00. The lowest BCUT2D eigenvalue weighted by Crippen LogP contribution is -2.41. The van der Waals surface area contributed by atoms with Crippen LogP contribution in [0.15, 0.2) is 65.6 Å². The summed E-state index contributed by atoms with van der Waals surface area (Å²) < 4.78 is 28.3. The van der Waals surface area contributed by atoms with E-state index in [1.165, 1.54) is 9.87 Å². The minimum Gasteiger partial charge on any atom is -0.348 e. The molecule has 5 nitrogen and oxygen atoms in total. The van der Waals surface area contributed by atoms with Gasteiger partial charge in [-0.1, -0.05) is 59.7 Å². The Labute approximate surface area is 203 Å². The number of hydrogen-bond donors (Lipinski definition) is 1. The van der Waals surface area contributed by atoms with Gasteiger partial charge in [0, 0.05) is 6.54 Å². The molecule has 0 aliphatic heterocycles. The van der Waals surface area contributed by atoms with Crippen molar-refractivity contribution in [3.63, 3.8) is 0 Å². The summed E-state index contributed by atoms with van der Waals surface area (Å²) in [7, 11) is -3.87. The quantitative estimate of drug-likeness (QED) is 0.478. The van der Waals surface area contributed by atoms with Gasteiger partial charge in [-0.15, -0.1) is 0 Å². The Morgan fingerprint density at radius 3 is 2.15 bits per heavy atom. The summed E-state index contributed by atoms with van der Waals surface area (Å²) in [4.78, 5) is 13.2. The molecule has 0 saturated carbocycles. The largest absolute Gasteiger partial charge is 0.348 e. The van der Waals surface area contributed by atoms with Gasteiger partial charge < -0.3 is 5.32 Å². The number of sulfonamides is 1. The van der Waals surface area contributed by atoms with E-state index in [1.54, 1.807) is 24.3 Å². The molecule has 1 unspecified atom stereocenters. The molecule has 180 valence electrons. The first-order valence-electron chi connectivity index (χ1n) is 11.5. The molecule has 0 aliphatic rings. The van der Waals surface area contributed by atoms with Crippen LogP contribution in [0.5, 0.6) is 0 Å². The zero-order valence-electron chi connectivity index (χ0n) is 20.8. The van der Waals surface area contributed by atoms with Crippen LogP contribution in [0.1, 0.15) is 51.9 Å². The number of nitrogens with one attached hydrogen (secondary N) is 1. The van der Waals surface area contributed by atoms with Gasteiger partial charge in [0.1, 0.15) is 0 Å². The summed E-state index contributed by atoms with van der Waals surface area (Å²) in [6.45, 7) is 11.8. The standard InChI is InChI=1S/C28H34N2O3S/c1-19-10-12-26(13-11-19)34(32,33)30(17-25-9-7-8-20(2)14-25)18-28(31)29-24(6)27-16-22(4)21(3)15-23(27)5/h7-16,24H,17-18H2,1-6H3,(H,29,31). The average Bonchev–Trinajstić information content (AvgIpc) is 2.76. The molecule has 3 aromatic carbocycles. The van der Waals surface area contributed by atoms with Crippen LogP contribution in [0.2, 0.25) is 0 Å². The van der Waals surface area contributed by atoms with Gasteiger partial charge in [0.2, 0.25) is 15.9 Å². The summed E-state index contributed by atoms with van der Waals surface area (Å²) in [6, 6.07) is 18.3. The first kappa shape index (κ1) is 25.7. The van der Waals surface area contributed by atoms with E-state index in [4.69, 9.17) is 0 Å². The van der Waals surface area contributed by atoms with E-state index in [1.807, 2.05) is 58.9 Å². The Balaban J connectivity index is 1.86. The number of aryl methyl sites for hydroxylation is 5. The summed E-state index contributed by atoms with van der Waals surface area (Å²) in [5.41, 5.74) is 7.33. The van der Waals surface area contributed by atoms with Gasteiger partial charge in [-0.2, -0.15) is 4.31 Å². The van der Waals surface area contributed by atoms with Crippen molar-refractivity contribution in [1.29, 1.82) is 0 Å². The molecule has 1 atom stereocenters. The first-order chi connectivity index (χ1) is 16.0. The SMILES string of the molecule is Cc1ccc(S(=O)(=O)N(CC(=O)NC(C)c2cc(C)c(C)cc2C)Cc2cccc(C)c2)cc1. The van der Waals surface area contributed by atoms with E-state index in [-0.39, 0.29) is 29.9 Å². The minimum absolute atomic E-state index is 0.113. The van der Waals surface area contributed by atoms with Crippen LogP contribution < -0.4 is 5.32 Å². The first-order valence-corrected chi connectivity index (χ1v) is 12.9. The fourth-order valence-corrected chi connectivity index (χ4v) is 5.46. The minimum atomic E-state index is -3.87. The van der Waals surface area contributed by atoms with Crippen molar-refractivity contribution in [3.05, 3.63) is 99.6 Å². The van der Waals surface area contributed by atoms with Gasteiger partial charge in [-0.25, -0.2) is 8.42 Å². The normalized spacial score (nSPS) is 12.6. The maximum atomic E-state index is 13.5. The lowest BCUT2D eigenvalue weighted by molar-refractivity contribution is -0.122. The molecule has 0 heterocycles. The third-order valence-electron chi connectivity index (χ3n) is 6.15. The van der Waals surface area contributed by atoms with Gasteiger partial charge in [0.05, 0.1) is 17.5 Å². The summed E-state index contributed by atoms with van der Waals surface area (Å²) in [6.07, 6.45) is 0. The summed E-state index contributed by atoms with van der Waals surface area (Å²) >= 11 is 0. The number of rotatable bonds is 8. The van der Waals surface area contributed by atoms with Crippen LogP contribution in [0.25, 0.3) is 0 Å². The molecule has 3 rings (SSSR count). The Kier molecular flexibility index (Phi) is 7.95. The highest BCUT2D eigenvalue weighted by Gasteiger charge is 2.27. The highest BCUT2D eigenvalue weighted by Crippen LogP contribution is 2.23. The van der Waals surface area contributed by atoms with Crippen molar-refractivity contribution in [1.82, 2.24) is 9.62 Å². The van der Waals surface area contributed by atoms with E-state index in [0.29, 0.717) is 0 Å². The Morgan fingerprint density at radius 2 is 1.50 bits per heavy atom. The molecule has 0 aliphatic carbocycles. The van der Waals surface area contributed by atoms with Crippen molar-refractivity contribution in [3.8, 4) is 0 Å². The highest BCUT2D eigenvalue weighted by molar-refractivity contribution is 7.89. The Hall–Kier alpha value is -2.96. The second-order valence-corrected chi connectivity index (χ2v) is 11.1. The number of carbonyl (C=O) groups excluding carboxylic acids is 1. The predicted octanol–water partition coefficient (Wildman–Crippen LogP) is 5.30. The van der Waals surface area contributed by atoms with Crippen molar-refractivity contribution in [2.75, 3.05) is 6.54 Å². The zero-order valence-corrected chi connectivity index (χ0v) is 21.7. The molecule has 3 aromatic rings. The Morgan fingerprint density at radius 1 is 0.853 bits per heavy atom. The third kappa shape index (κ3) is 6.13. The number of nitrogens with zero attached hydrogens (tertiary/aromatic N) is 1. The molecule has 0 aromatic heterocycles. The van der Waals surface area contributed by atoms with E-state index in [9.17, 15) is 13.2 Å². The van der Waals surface area contributed by atoms with Gasteiger partial charge in [-0.3, -0.25) is 4.79 Å². The molecule has 0 bridgehead atoms.